The molecule has 2 heterocycles. The second-order valence-corrected chi connectivity index (χ2v) is 7.80. The van der Waals surface area contributed by atoms with Crippen LogP contribution < -0.4 is 10.1 Å². The Labute approximate surface area is 177 Å². The predicted octanol–water partition coefficient (Wildman–Crippen LogP) is 4.51. The molecule has 1 aromatic heterocycles. The summed E-state index contributed by atoms with van der Waals surface area (Å²) in [6.07, 6.45) is 4.23. The number of aromatic nitrogens is 2. The zero-order valence-electron chi connectivity index (χ0n) is 17.7. The maximum absolute atomic E-state index is 12.6. The Bertz CT molecular complexity index is 1080. The van der Waals surface area contributed by atoms with Crippen molar-refractivity contribution < 1.29 is 9.53 Å². The number of benzene rings is 2. The van der Waals surface area contributed by atoms with Gasteiger partial charge in [-0.1, -0.05) is 48.0 Å². The van der Waals surface area contributed by atoms with Gasteiger partial charge in [0.1, 0.15) is 5.75 Å². The van der Waals surface area contributed by atoms with E-state index in [1.165, 1.54) is 11.1 Å². The van der Waals surface area contributed by atoms with Crippen molar-refractivity contribution in [2.75, 3.05) is 6.61 Å². The van der Waals surface area contributed by atoms with E-state index in [4.69, 9.17) is 4.74 Å². The van der Waals surface area contributed by atoms with Crippen LogP contribution in [0, 0.1) is 20.8 Å². The van der Waals surface area contributed by atoms with Gasteiger partial charge in [0.25, 0.3) is 0 Å². The molecule has 5 nitrogen and oxygen atoms in total. The van der Waals surface area contributed by atoms with E-state index in [2.05, 4.69) is 41.6 Å². The van der Waals surface area contributed by atoms with Crippen molar-refractivity contribution >= 4 is 12.0 Å². The first kappa shape index (κ1) is 20.0. The Morgan fingerprint density at radius 1 is 1.17 bits per heavy atom. The standard InChI is InChI=1S/C25H27N3O2/c1-17-8-10-20(11-9-17)16-28-19(3)21(18(2)27-28)12-13-25(29)26-23-14-15-30-24-7-5-4-6-22(23)24/h4-13,23H,14-16H2,1-3H3,(H,26,29). The number of rotatable bonds is 5. The van der Waals surface area contributed by atoms with Gasteiger partial charge in [0.05, 0.1) is 24.9 Å². The number of aryl methyl sites for hydroxylation is 2. The number of carbonyl (C=O) groups excluding carboxylic acids is 1. The summed E-state index contributed by atoms with van der Waals surface area (Å²) in [4.78, 5) is 12.6. The lowest BCUT2D eigenvalue weighted by atomic mass is 10.0. The molecular weight excluding hydrogens is 374 g/mol. The highest BCUT2D eigenvalue weighted by Gasteiger charge is 2.21. The van der Waals surface area contributed by atoms with Gasteiger partial charge in [0.15, 0.2) is 0 Å². The third-order valence-electron chi connectivity index (χ3n) is 5.57. The Balaban J connectivity index is 1.46. The first-order valence-corrected chi connectivity index (χ1v) is 10.3. The van der Waals surface area contributed by atoms with E-state index in [0.29, 0.717) is 13.2 Å². The van der Waals surface area contributed by atoms with Gasteiger partial charge >= 0.3 is 0 Å². The first-order chi connectivity index (χ1) is 14.5. The van der Waals surface area contributed by atoms with E-state index in [-0.39, 0.29) is 11.9 Å². The van der Waals surface area contributed by atoms with Crippen LogP contribution in [-0.2, 0) is 11.3 Å². The van der Waals surface area contributed by atoms with Gasteiger partial charge in [-0.3, -0.25) is 9.48 Å². The molecule has 1 unspecified atom stereocenters. The molecule has 3 aromatic rings. The lowest BCUT2D eigenvalue weighted by Gasteiger charge is -2.26. The maximum Gasteiger partial charge on any atom is 0.244 e. The minimum Gasteiger partial charge on any atom is -0.493 e. The second-order valence-electron chi connectivity index (χ2n) is 7.80. The molecule has 1 amide bonds. The molecule has 30 heavy (non-hydrogen) atoms. The molecule has 0 bridgehead atoms. The molecular formula is C25H27N3O2. The molecule has 1 aliphatic rings. The summed E-state index contributed by atoms with van der Waals surface area (Å²) in [6.45, 7) is 7.42. The molecule has 0 saturated carbocycles. The maximum atomic E-state index is 12.6. The summed E-state index contributed by atoms with van der Waals surface area (Å²) in [7, 11) is 0. The van der Waals surface area contributed by atoms with Crippen LogP contribution >= 0.6 is 0 Å². The fraction of sp³-hybridized carbons (Fsp3) is 0.280. The predicted molar refractivity (Wildman–Crippen MR) is 118 cm³/mol. The topological polar surface area (TPSA) is 56.2 Å². The van der Waals surface area contributed by atoms with Crippen LogP contribution in [0.4, 0.5) is 0 Å². The van der Waals surface area contributed by atoms with Gasteiger partial charge in [0.2, 0.25) is 5.91 Å². The number of fused-ring (bicyclic) bond motifs is 1. The van der Waals surface area contributed by atoms with Crippen LogP contribution in [0.2, 0.25) is 0 Å². The fourth-order valence-corrected chi connectivity index (χ4v) is 3.84. The lowest BCUT2D eigenvalue weighted by Crippen LogP contribution is -2.30. The van der Waals surface area contributed by atoms with E-state index in [1.54, 1.807) is 6.08 Å². The number of nitrogens with zero attached hydrogens (tertiary/aromatic N) is 2. The Kier molecular flexibility index (Phi) is 5.70. The zero-order chi connectivity index (χ0) is 21.1. The average molecular weight is 402 g/mol. The Hall–Kier alpha value is -3.34. The van der Waals surface area contributed by atoms with Crippen molar-refractivity contribution in [3.05, 3.63) is 88.2 Å². The summed E-state index contributed by atoms with van der Waals surface area (Å²) in [5.41, 5.74) is 6.44. The number of hydrogen-bond donors (Lipinski definition) is 1. The third kappa shape index (κ3) is 4.30. The summed E-state index contributed by atoms with van der Waals surface area (Å²) in [6, 6.07) is 16.3. The number of hydrogen-bond acceptors (Lipinski definition) is 3. The molecule has 0 aliphatic carbocycles. The number of para-hydroxylation sites is 1. The number of nitrogens with one attached hydrogen (secondary N) is 1. The summed E-state index contributed by atoms with van der Waals surface area (Å²) < 4.78 is 7.67. The lowest BCUT2D eigenvalue weighted by molar-refractivity contribution is -0.117. The number of carbonyl (C=O) groups is 1. The SMILES string of the molecule is Cc1ccc(Cn2nc(C)c(C=CC(=O)NC3CCOc4ccccc43)c2C)cc1. The van der Waals surface area contributed by atoms with E-state index in [1.807, 2.05) is 48.9 Å². The van der Waals surface area contributed by atoms with Crippen molar-refractivity contribution in [1.29, 1.82) is 0 Å². The smallest absolute Gasteiger partial charge is 0.244 e. The monoisotopic (exact) mass is 401 g/mol. The highest BCUT2D eigenvalue weighted by molar-refractivity contribution is 5.92. The average Bonchev–Trinajstić information content (AvgIpc) is 3.01. The number of amides is 1. The molecule has 0 fully saturated rings. The molecule has 0 spiro atoms. The summed E-state index contributed by atoms with van der Waals surface area (Å²) >= 11 is 0. The molecule has 1 aliphatic heterocycles. The van der Waals surface area contributed by atoms with E-state index < -0.39 is 0 Å². The minimum atomic E-state index is -0.109. The van der Waals surface area contributed by atoms with Gasteiger partial charge in [-0.25, -0.2) is 0 Å². The molecule has 1 N–H and O–H groups in total. The number of ether oxygens (including phenoxy) is 1. The molecule has 154 valence electrons. The van der Waals surface area contributed by atoms with Crippen LogP contribution in [0.1, 0.15) is 46.1 Å². The molecule has 4 rings (SSSR count). The summed E-state index contributed by atoms with van der Waals surface area (Å²) in [5, 5.41) is 7.77. The van der Waals surface area contributed by atoms with Crippen LogP contribution in [0.5, 0.6) is 5.75 Å². The molecule has 0 saturated heterocycles. The zero-order valence-corrected chi connectivity index (χ0v) is 17.7. The van der Waals surface area contributed by atoms with Crippen molar-refractivity contribution in [1.82, 2.24) is 15.1 Å². The van der Waals surface area contributed by atoms with Gasteiger partial charge < -0.3 is 10.1 Å². The van der Waals surface area contributed by atoms with Crippen molar-refractivity contribution in [3.63, 3.8) is 0 Å². The van der Waals surface area contributed by atoms with E-state index in [0.717, 1.165) is 34.7 Å². The Morgan fingerprint density at radius 2 is 1.93 bits per heavy atom. The van der Waals surface area contributed by atoms with Crippen molar-refractivity contribution in [2.45, 2.75) is 39.8 Å². The largest absolute Gasteiger partial charge is 0.493 e. The second kappa shape index (κ2) is 8.57. The highest BCUT2D eigenvalue weighted by Crippen LogP contribution is 2.31. The van der Waals surface area contributed by atoms with Gasteiger partial charge in [-0.05, 0) is 38.5 Å². The first-order valence-electron chi connectivity index (χ1n) is 10.3. The van der Waals surface area contributed by atoms with Gasteiger partial charge in [-0.2, -0.15) is 5.10 Å². The van der Waals surface area contributed by atoms with E-state index >= 15 is 0 Å². The molecule has 1 atom stereocenters. The highest BCUT2D eigenvalue weighted by atomic mass is 16.5. The normalized spacial score (nSPS) is 15.6. The molecule has 5 heteroatoms. The Morgan fingerprint density at radius 3 is 2.73 bits per heavy atom. The van der Waals surface area contributed by atoms with Crippen LogP contribution in [0.15, 0.2) is 54.6 Å². The van der Waals surface area contributed by atoms with Crippen molar-refractivity contribution in [2.24, 2.45) is 0 Å². The van der Waals surface area contributed by atoms with Crippen LogP contribution in [0.3, 0.4) is 0 Å². The van der Waals surface area contributed by atoms with Crippen LogP contribution in [-0.4, -0.2) is 22.3 Å². The fourth-order valence-electron chi connectivity index (χ4n) is 3.84. The van der Waals surface area contributed by atoms with Gasteiger partial charge in [0, 0.05) is 29.3 Å². The van der Waals surface area contributed by atoms with E-state index in [9.17, 15) is 4.79 Å². The summed E-state index contributed by atoms with van der Waals surface area (Å²) in [5.74, 6) is 0.740. The van der Waals surface area contributed by atoms with Crippen molar-refractivity contribution in [3.8, 4) is 5.75 Å². The van der Waals surface area contributed by atoms with Crippen LogP contribution in [0.25, 0.3) is 6.08 Å². The quantitative estimate of drug-likeness (QED) is 0.640. The van der Waals surface area contributed by atoms with Gasteiger partial charge in [-0.15, -0.1) is 0 Å². The third-order valence-corrected chi connectivity index (χ3v) is 5.57. The molecule has 0 radical (unpaired) electrons. The minimum absolute atomic E-state index is 0.0291. The molecule has 2 aromatic carbocycles.